The maximum absolute atomic E-state index is 14.0. The van der Waals surface area contributed by atoms with Crippen LogP contribution in [0.4, 0.5) is 0 Å². The quantitative estimate of drug-likeness (QED) is 0.0387. The average molecular weight is 892 g/mol. The van der Waals surface area contributed by atoms with Gasteiger partial charge in [-0.1, -0.05) is 56.5 Å². The molecule has 0 spiro atoms. The summed E-state index contributed by atoms with van der Waals surface area (Å²) in [5, 5.41) is 24.2. The molecule has 2 saturated heterocycles. The van der Waals surface area contributed by atoms with Crippen LogP contribution in [-0.4, -0.2) is 148 Å². The molecule has 0 saturated carbocycles. The number of likely N-dealkylation sites (tertiary alicyclic amines) is 2. The molecule has 0 unspecified atom stereocenters. The zero-order chi connectivity index (χ0) is 45.1. The van der Waals surface area contributed by atoms with E-state index in [2.05, 4.69) is 58.8 Å². The molecule has 0 radical (unpaired) electrons. The van der Waals surface area contributed by atoms with Crippen LogP contribution in [-0.2, 0) is 44.8 Å². The standard InChI is InChI=1S/C41H65N9O9S2/c1-3-4-5-9-18-44-30(24-61)40(58)50-20-11-15-32(50)41(59)49-19-10-14-31(49)38(56)48-35(25(2)51)39(57)45-27(16-17-34(43)53)36(54)46-28(21-26-12-7-6-8-13-26)37(55)47-29(23-60)33(52)22-42/h6-8,12-13,25,27-32,35,44,51,60-61H,3-5,9-11,14-24,42H2,1-2H3,(H2,43,53)(H,45,57)(H,46,54)(H,47,55)(H,48,56)/t25-,27+,28+,29+,30+,31+,32+,35+/m1/s1. The Kier molecular flexibility index (Phi) is 22.0. The maximum atomic E-state index is 14.0. The second kappa shape index (κ2) is 26.3. The second-order valence-corrected chi connectivity index (χ2v) is 16.3. The molecule has 340 valence electrons. The Labute approximate surface area is 369 Å². The van der Waals surface area contributed by atoms with Crippen molar-refractivity contribution in [3.8, 4) is 0 Å². The van der Waals surface area contributed by atoms with Crippen molar-refractivity contribution in [2.24, 2.45) is 11.5 Å². The molecule has 20 heteroatoms. The van der Waals surface area contributed by atoms with Crippen LogP contribution < -0.4 is 38.1 Å². The van der Waals surface area contributed by atoms with E-state index in [1.807, 2.05) is 0 Å². The molecule has 2 fully saturated rings. The first-order valence-corrected chi connectivity index (χ1v) is 22.4. The summed E-state index contributed by atoms with van der Waals surface area (Å²) in [6, 6.07) is 0.953. The molecule has 0 aliphatic carbocycles. The lowest BCUT2D eigenvalue weighted by molar-refractivity contribution is -0.147. The highest BCUT2D eigenvalue weighted by atomic mass is 32.1. The van der Waals surface area contributed by atoms with Crippen molar-refractivity contribution in [2.75, 3.05) is 37.7 Å². The first-order chi connectivity index (χ1) is 29.2. The first-order valence-electron chi connectivity index (χ1n) is 21.2. The Morgan fingerprint density at radius 2 is 1.39 bits per heavy atom. The molecule has 1 aromatic rings. The smallest absolute Gasteiger partial charge is 0.246 e. The minimum Gasteiger partial charge on any atom is -0.391 e. The highest BCUT2D eigenvalue weighted by molar-refractivity contribution is 7.80. The Hall–Kier alpha value is -4.24. The van der Waals surface area contributed by atoms with Crippen molar-refractivity contribution >= 4 is 72.4 Å². The summed E-state index contributed by atoms with van der Waals surface area (Å²) < 4.78 is 0. The Morgan fingerprint density at radius 3 is 2.00 bits per heavy atom. The zero-order valence-corrected chi connectivity index (χ0v) is 37.0. The minimum absolute atomic E-state index is 0.0213. The molecule has 61 heavy (non-hydrogen) atoms. The molecule has 2 aliphatic rings. The number of ketones is 1. The molecule has 0 bridgehead atoms. The monoisotopic (exact) mass is 891 g/mol. The first kappa shape index (κ1) is 51.1. The summed E-state index contributed by atoms with van der Waals surface area (Å²) in [5.74, 6) is -4.99. The zero-order valence-electron chi connectivity index (χ0n) is 35.2. The number of carbonyl (C=O) groups excluding carboxylic acids is 8. The number of amides is 7. The Balaban J connectivity index is 1.75. The van der Waals surface area contributed by atoms with E-state index in [4.69, 9.17) is 11.5 Å². The topological polar surface area (TPSA) is 275 Å². The lowest BCUT2D eigenvalue weighted by atomic mass is 10.0. The third-order valence-electron chi connectivity index (χ3n) is 10.9. The van der Waals surface area contributed by atoms with Gasteiger partial charge in [-0.2, -0.15) is 25.3 Å². The lowest BCUT2D eigenvalue weighted by Crippen LogP contribution is -2.61. The summed E-state index contributed by atoms with van der Waals surface area (Å²) in [4.78, 5) is 110. The molecular formula is C41H65N9O9S2. The number of hydrogen-bond donors (Lipinski definition) is 10. The van der Waals surface area contributed by atoms with Gasteiger partial charge in [0.1, 0.15) is 30.2 Å². The number of nitrogens with zero attached hydrogens (tertiary/aromatic N) is 2. The van der Waals surface area contributed by atoms with E-state index < -0.39 is 83.7 Å². The van der Waals surface area contributed by atoms with Gasteiger partial charge in [0.05, 0.1) is 24.7 Å². The van der Waals surface area contributed by atoms with Gasteiger partial charge in [-0.05, 0) is 57.6 Å². The van der Waals surface area contributed by atoms with Gasteiger partial charge in [0.25, 0.3) is 0 Å². The fourth-order valence-corrected chi connectivity index (χ4v) is 8.07. The van der Waals surface area contributed by atoms with Crippen molar-refractivity contribution in [3.63, 3.8) is 0 Å². The third kappa shape index (κ3) is 15.6. The second-order valence-electron chi connectivity index (χ2n) is 15.6. The number of primary amides is 1. The molecule has 18 nitrogen and oxygen atoms in total. The van der Waals surface area contributed by atoms with Crippen LogP contribution in [0.3, 0.4) is 0 Å². The van der Waals surface area contributed by atoms with Crippen LogP contribution >= 0.6 is 25.3 Å². The average Bonchev–Trinajstić information content (AvgIpc) is 3.95. The van der Waals surface area contributed by atoms with E-state index in [0.29, 0.717) is 37.9 Å². The van der Waals surface area contributed by atoms with E-state index in [9.17, 15) is 43.5 Å². The number of nitrogens with two attached hydrogens (primary N) is 2. The van der Waals surface area contributed by atoms with Crippen LogP contribution in [0.25, 0.3) is 0 Å². The number of carbonyl (C=O) groups is 8. The predicted octanol–water partition coefficient (Wildman–Crippen LogP) is -1.28. The Morgan fingerprint density at radius 1 is 0.787 bits per heavy atom. The molecule has 2 aliphatic heterocycles. The van der Waals surface area contributed by atoms with E-state index in [1.165, 1.54) is 11.8 Å². The molecule has 10 N–H and O–H groups in total. The summed E-state index contributed by atoms with van der Waals surface area (Å²) in [6.45, 7) is 4.31. The van der Waals surface area contributed by atoms with Gasteiger partial charge in [-0.3, -0.25) is 38.4 Å². The van der Waals surface area contributed by atoms with E-state index in [1.54, 1.807) is 35.2 Å². The van der Waals surface area contributed by atoms with Gasteiger partial charge in [-0.25, -0.2) is 0 Å². The van der Waals surface area contributed by atoms with Gasteiger partial charge in [0.2, 0.25) is 41.4 Å². The highest BCUT2D eigenvalue weighted by Crippen LogP contribution is 2.26. The molecule has 2 heterocycles. The lowest BCUT2D eigenvalue weighted by Gasteiger charge is -2.33. The fraction of sp³-hybridized carbons (Fsp3) is 0.659. The van der Waals surface area contributed by atoms with Gasteiger partial charge >= 0.3 is 0 Å². The number of rotatable bonds is 26. The summed E-state index contributed by atoms with van der Waals surface area (Å²) in [6.07, 6.45) is 3.77. The Bertz CT molecular complexity index is 1660. The summed E-state index contributed by atoms with van der Waals surface area (Å²) >= 11 is 8.54. The molecule has 1 aromatic carbocycles. The summed E-state index contributed by atoms with van der Waals surface area (Å²) in [5.41, 5.74) is 11.5. The van der Waals surface area contributed by atoms with Crippen molar-refractivity contribution in [1.29, 1.82) is 0 Å². The number of aliphatic hydroxyl groups is 1. The van der Waals surface area contributed by atoms with Crippen LogP contribution in [0.5, 0.6) is 0 Å². The number of benzene rings is 1. The van der Waals surface area contributed by atoms with Gasteiger partial charge in [0, 0.05) is 37.4 Å². The van der Waals surface area contributed by atoms with Crippen molar-refractivity contribution in [2.45, 2.75) is 133 Å². The number of aliphatic hydroxyl groups excluding tert-OH is 1. The van der Waals surface area contributed by atoms with Crippen LogP contribution in [0.1, 0.15) is 83.6 Å². The van der Waals surface area contributed by atoms with Crippen molar-refractivity contribution in [1.82, 2.24) is 36.4 Å². The van der Waals surface area contributed by atoms with Crippen molar-refractivity contribution < 1.29 is 43.5 Å². The van der Waals surface area contributed by atoms with Crippen LogP contribution in [0.2, 0.25) is 0 Å². The number of Topliss-reactive ketones (excluding diaryl/α,β-unsaturated/α-hetero) is 1. The SMILES string of the molecule is CCCCCCN[C@@H](CS)C(=O)N1CCC[C@H]1C(=O)N1CCC[C@H]1C(=O)N[C@H](C(=O)N[C@@H](CCC(N)=O)C(=O)N[C@@H](Cc1ccccc1)C(=O)N[C@@H](CS)C(=O)CN)[C@@H](C)O. The molecule has 8 atom stereocenters. The molecule has 0 aromatic heterocycles. The predicted molar refractivity (Wildman–Crippen MR) is 235 cm³/mol. The van der Waals surface area contributed by atoms with Crippen LogP contribution in [0, 0.1) is 0 Å². The normalized spacial score (nSPS) is 19.2. The van der Waals surface area contributed by atoms with Gasteiger partial charge in [-0.15, -0.1) is 0 Å². The number of hydrogen-bond acceptors (Lipinski definition) is 13. The summed E-state index contributed by atoms with van der Waals surface area (Å²) in [7, 11) is 0. The van der Waals surface area contributed by atoms with Crippen LogP contribution in [0.15, 0.2) is 30.3 Å². The van der Waals surface area contributed by atoms with E-state index in [-0.39, 0.29) is 62.1 Å². The largest absolute Gasteiger partial charge is 0.391 e. The third-order valence-corrected chi connectivity index (χ3v) is 11.7. The van der Waals surface area contributed by atoms with Gasteiger partial charge < -0.3 is 53.0 Å². The number of unbranched alkanes of at least 4 members (excludes halogenated alkanes) is 3. The number of nitrogens with one attached hydrogen (secondary N) is 5. The van der Waals surface area contributed by atoms with Gasteiger partial charge in [0.15, 0.2) is 5.78 Å². The molecule has 7 amide bonds. The van der Waals surface area contributed by atoms with E-state index >= 15 is 0 Å². The minimum atomic E-state index is -1.61. The molecule has 3 rings (SSSR count). The highest BCUT2D eigenvalue weighted by Gasteiger charge is 2.44. The maximum Gasteiger partial charge on any atom is 0.246 e. The van der Waals surface area contributed by atoms with Crippen molar-refractivity contribution in [3.05, 3.63) is 35.9 Å². The van der Waals surface area contributed by atoms with E-state index in [0.717, 1.165) is 25.7 Å². The number of thiol groups is 2. The fourth-order valence-electron chi connectivity index (χ4n) is 7.49. The molecular weight excluding hydrogens is 827 g/mol.